The first-order chi connectivity index (χ1) is 5.79. The van der Waals surface area contributed by atoms with Crippen LogP contribution in [0.15, 0.2) is 0 Å². The third-order valence-corrected chi connectivity index (χ3v) is 3.37. The fourth-order valence-electron chi connectivity index (χ4n) is 2.57. The number of hydrogen-bond acceptors (Lipinski definition) is 2. The van der Waals surface area contributed by atoms with Crippen molar-refractivity contribution in [1.29, 1.82) is 0 Å². The van der Waals surface area contributed by atoms with E-state index in [0.29, 0.717) is 11.5 Å². The molecule has 1 atom stereocenters. The van der Waals surface area contributed by atoms with Gasteiger partial charge in [0.25, 0.3) is 0 Å². The van der Waals surface area contributed by atoms with Crippen molar-refractivity contribution in [2.75, 3.05) is 20.6 Å². The van der Waals surface area contributed by atoms with Crippen molar-refractivity contribution in [2.24, 2.45) is 5.41 Å². The fourth-order valence-corrected chi connectivity index (χ4v) is 2.57. The lowest BCUT2D eigenvalue weighted by Crippen LogP contribution is -2.52. The van der Waals surface area contributed by atoms with E-state index in [1.165, 1.54) is 32.2 Å². The molecule has 1 aliphatic carbocycles. The maximum absolute atomic E-state index is 3.44. The average Bonchev–Trinajstić information content (AvgIpc) is 2.02. The molecule has 1 unspecified atom stereocenters. The molecule has 2 nitrogen and oxygen atoms in total. The van der Waals surface area contributed by atoms with E-state index >= 15 is 0 Å². The summed E-state index contributed by atoms with van der Waals surface area (Å²) in [6.07, 6.45) is 5.46. The highest BCUT2D eigenvalue weighted by atomic mass is 14.9. The molecule has 1 fully saturated rings. The van der Waals surface area contributed by atoms with Crippen LogP contribution in [0, 0.1) is 5.41 Å². The molecule has 72 valence electrons. The van der Waals surface area contributed by atoms with Crippen molar-refractivity contribution in [3.05, 3.63) is 0 Å². The van der Waals surface area contributed by atoms with E-state index in [1.54, 1.807) is 0 Å². The summed E-state index contributed by atoms with van der Waals surface area (Å²) < 4.78 is 0. The van der Waals surface area contributed by atoms with E-state index in [-0.39, 0.29) is 0 Å². The Kier molecular flexibility index (Phi) is 3.53. The predicted molar refractivity (Wildman–Crippen MR) is 53.3 cm³/mol. The minimum absolute atomic E-state index is 0.568. The molecule has 0 aromatic heterocycles. The lowest BCUT2D eigenvalue weighted by molar-refractivity contribution is 0.0771. The van der Waals surface area contributed by atoms with Gasteiger partial charge in [0, 0.05) is 12.6 Å². The van der Waals surface area contributed by atoms with Crippen molar-refractivity contribution < 1.29 is 0 Å². The highest BCUT2D eigenvalue weighted by molar-refractivity contribution is 4.97. The lowest BCUT2D eigenvalue weighted by Gasteiger charge is -2.47. The zero-order valence-electron chi connectivity index (χ0n) is 8.61. The Balaban J connectivity index is 2.51. The monoisotopic (exact) mass is 170 g/mol. The molecule has 1 rings (SSSR count). The quantitative estimate of drug-likeness (QED) is 0.651. The molecule has 0 saturated heterocycles. The molecule has 2 heteroatoms. The van der Waals surface area contributed by atoms with Crippen LogP contribution in [0.2, 0.25) is 0 Å². The maximum Gasteiger partial charge on any atom is 0.0130 e. The second-order valence-electron chi connectivity index (χ2n) is 4.00. The van der Waals surface area contributed by atoms with Crippen molar-refractivity contribution in [3.8, 4) is 0 Å². The normalized spacial score (nSPS) is 23.2. The smallest absolute Gasteiger partial charge is 0.0130 e. The Morgan fingerprint density at radius 1 is 1.33 bits per heavy atom. The van der Waals surface area contributed by atoms with Crippen LogP contribution in [0.25, 0.3) is 0 Å². The zero-order valence-corrected chi connectivity index (χ0v) is 8.61. The predicted octanol–water partition coefficient (Wildman–Crippen LogP) is 1.37. The van der Waals surface area contributed by atoms with E-state index in [1.807, 2.05) is 0 Å². The molecule has 1 saturated carbocycles. The Morgan fingerprint density at radius 3 is 2.25 bits per heavy atom. The standard InChI is InChI=1S/C10H22N2/c1-4-9(12-3)10(8-11-2)6-5-7-10/h9,11-12H,4-8H2,1-3H3. The van der Waals surface area contributed by atoms with Crippen LogP contribution in [0.1, 0.15) is 32.6 Å². The van der Waals surface area contributed by atoms with E-state index in [4.69, 9.17) is 0 Å². The van der Waals surface area contributed by atoms with Crippen molar-refractivity contribution >= 4 is 0 Å². The Bertz CT molecular complexity index is 126. The first kappa shape index (κ1) is 10.0. The molecule has 0 aromatic rings. The SMILES string of the molecule is CCC(NC)C1(CNC)CCC1. The third-order valence-electron chi connectivity index (χ3n) is 3.37. The second kappa shape index (κ2) is 4.24. The van der Waals surface area contributed by atoms with Gasteiger partial charge >= 0.3 is 0 Å². The highest BCUT2D eigenvalue weighted by Gasteiger charge is 2.41. The average molecular weight is 170 g/mol. The second-order valence-corrected chi connectivity index (χ2v) is 4.00. The van der Waals surface area contributed by atoms with Gasteiger partial charge in [-0.25, -0.2) is 0 Å². The van der Waals surface area contributed by atoms with Crippen molar-refractivity contribution in [2.45, 2.75) is 38.6 Å². The van der Waals surface area contributed by atoms with Gasteiger partial charge in [-0.2, -0.15) is 0 Å². The van der Waals surface area contributed by atoms with Gasteiger partial charge in [0.1, 0.15) is 0 Å². The topological polar surface area (TPSA) is 24.1 Å². The Morgan fingerprint density at radius 2 is 2.00 bits per heavy atom. The van der Waals surface area contributed by atoms with Crippen LogP contribution in [-0.2, 0) is 0 Å². The van der Waals surface area contributed by atoms with Crippen molar-refractivity contribution in [3.63, 3.8) is 0 Å². The lowest BCUT2D eigenvalue weighted by atomic mass is 9.63. The summed E-state index contributed by atoms with van der Waals surface area (Å²) in [6.45, 7) is 3.45. The molecule has 0 aliphatic heterocycles. The Hall–Kier alpha value is -0.0800. The molecule has 1 aliphatic rings. The molecule has 2 N–H and O–H groups in total. The number of hydrogen-bond donors (Lipinski definition) is 2. The largest absolute Gasteiger partial charge is 0.319 e. The van der Waals surface area contributed by atoms with Gasteiger partial charge in [-0.15, -0.1) is 0 Å². The highest BCUT2D eigenvalue weighted by Crippen LogP contribution is 2.44. The fraction of sp³-hybridized carbons (Fsp3) is 1.00. The molecule has 0 aromatic carbocycles. The first-order valence-electron chi connectivity index (χ1n) is 5.11. The van der Waals surface area contributed by atoms with Gasteiger partial charge in [0.15, 0.2) is 0 Å². The Labute approximate surface area is 76.1 Å². The minimum atomic E-state index is 0.568. The van der Waals surface area contributed by atoms with Gasteiger partial charge in [-0.05, 0) is 38.8 Å². The van der Waals surface area contributed by atoms with Gasteiger partial charge < -0.3 is 10.6 Å². The summed E-state index contributed by atoms with van der Waals surface area (Å²) in [6, 6.07) is 0.707. The maximum atomic E-state index is 3.44. The summed E-state index contributed by atoms with van der Waals surface area (Å²) in [5.41, 5.74) is 0.568. The molecular formula is C10H22N2. The van der Waals surface area contributed by atoms with Gasteiger partial charge in [-0.1, -0.05) is 13.3 Å². The van der Waals surface area contributed by atoms with Crippen LogP contribution < -0.4 is 10.6 Å². The van der Waals surface area contributed by atoms with Gasteiger partial charge in [0.2, 0.25) is 0 Å². The molecule has 0 radical (unpaired) electrons. The van der Waals surface area contributed by atoms with Crippen LogP contribution in [-0.4, -0.2) is 26.7 Å². The van der Waals surface area contributed by atoms with Crippen LogP contribution in [0.4, 0.5) is 0 Å². The molecular weight excluding hydrogens is 148 g/mol. The molecule has 0 spiro atoms. The minimum Gasteiger partial charge on any atom is -0.319 e. The molecule has 12 heavy (non-hydrogen) atoms. The molecule has 0 heterocycles. The summed E-state index contributed by atoms with van der Waals surface area (Å²) in [5.74, 6) is 0. The third kappa shape index (κ3) is 1.64. The number of nitrogens with one attached hydrogen (secondary N) is 2. The number of rotatable bonds is 5. The molecule has 0 amide bonds. The van der Waals surface area contributed by atoms with Crippen molar-refractivity contribution in [1.82, 2.24) is 10.6 Å². The summed E-state index contributed by atoms with van der Waals surface area (Å²) in [5, 5.41) is 6.76. The summed E-state index contributed by atoms with van der Waals surface area (Å²) in [4.78, 5) is 0. The van der Waals surface area contributed by atoms with Crippen LogP contribution in [0.3, 0.4) is 0 Å². The van der Waals surface area contributed by atoms with E-state index in [2.05, 4.69) is 31.7 Å². The van der Waals surface area contributed by atoms with Crippen LogP contribution in [0.5, 0.6) is 0 Å². The summed E-state index contributed by atoms with van der Waals surface area (Å²) >= 11 is 0. The van der Waals surface area contributed by atoms with E-state index < -0.39 is 0 Å². The van der Waals surface area contributed by atoms with E-state index in [9.17, 15) is 0 Å². The first-order valence-corrected chi connectivity index (χ1v) is 5.11. The van der Waals surface area contributed by atoms with Gasteiger partial charge in [-0.3, -0.25) is 0 Å². The van der Waals surface area contributed by atoms with Crippen LogP contribution >= 0.6 is 0 Å². The summed E-state index contributed by atoms with van der Waals surface area (Å²) in [7, 11) is 4.15. The van der Waals surface area contributed by atoms with Gasteiger partial charge in [0.05, 0.1) is 0 Å². The zero-order chi connectivity index (χ0) is 9.03. The van der Waals surface area contributed by atoms with E-state index in [0.717, 1.165) is 0 Å². The molecule has 0 bridgehead atoms.